The average Bonchev–Trinajstić information content (AvgIpc) is 3.04. The molecule has 4 aromatic rings. The van der Waals surface area contributed by atoms with Gasteiger partial charge in [0, 0.05) is 22.3 Å². The molecule has 0 saturated heterocycles. The van der Waals surface area contributed by atoms with E-state index < -0.39 is 49.7 Å². The molecule has 0 aliphatic carbocycles. The fourth-order valence-electron chi connectivity index (χ4n) is 4.11. The highest BCUT2D eigenvalue weighted by Crippen LogP contribution is 2.35. The van der Waals surface area contributed by atoms with Gasteiger partial charge in [-0.1, -0.05) is 17.7 Å². The minimum atomic E-state index is -4.56. The second-order valence-corrected chi connectivity index (χ2v) is 12.0. The van der Waals surface area contributed by atoms with Crippen molar-refractivity contribution in [3.8, 4) is 11.5 Å². The van der Waals surface area contributed by atoms with E-state index in [1.54, 1.807) is 24.3 Å². The van der Waals surface area contributed by atoms with Crippen LogP contribution in [-0.2, 0) is 19.6 Å². The van der Waals surface area contributed by atoms with Gasteiger partial charge in [0.15, 0.2) is 6.61 Å². The number of hydrazone groups is 1. The number of nitrogens with zero attached hydrogens (tertiary/aromatic N) is 3. The molecule has 0 aliphatic rings. The highest BCUT2D eigenvalue weighted by Gasteiger charge is 2.31. The van der Waals surface area contributed by atoms with Crippen LogP contribution in [0.4, 0.5) is 21.5 Å². The number of sulfonamides is 1. The van der Waals surface area contributed by atoms with Gasteiger partial charge in [0.05, 0.1) is 28.8 Å². The number of nitrogens with one attached hydrogen (secondary N) is 2. The van der Waals surface area contributed by atoms with Crippen molar-refractivity contribution in [2.24, 2.45) is 5.10 Å². The standard InChI is InChI=1S/C31H27ClFN5O8S/c1-20-3-13-26(16-27(20)38(41)42)47(43,44)37(28-15-22(32)6-14-29(28)45-2)18-30(39)36-34-17-21-4-11-25(12-5-21)46-19-31(40)35-24-9-7-23(33)8-10-24/h3-17H,18-19H2,1-2H3,(H,35,40)(H,36,39)/b34-17-. The van der Waals surface area contributed by atoms with Crippen LogP contribution in [0, 0.1) is 22.9 Å². The zero-order valence-corrected chi connectivity index (χ0v) is 26.4. The molecule has 2 amide bonds. The van der Waals surface area contributed by atoms with Gasteiger partial charge in [-0.2, -0.15) is 5.10 Å². The Morgan fingerprint density at radius 3 is 2.38 bits per heavy atom. The molecule has 0 bridgehead atoms. The second kappa shape index (κ2) is 15.2. The smallest absolute Gasteiger partial charge is 0.273 e. The molecule has 0 radical (unpaired) electrons. The Kier molecular flexibility index (Phi) is 11.1. The van der Waals surface area contributed by atoms with Crippen LogP contribution in [0.2, 0.25) is 5.02 Å². The quantitative estimate of drug-likeness (QED) is 0.112. The number of nitro groups is 1. The van der Waals surface area contributed by atoms with E-state index in [-0.39, 0.29) is 28.6 Å². The number of anilines is 2. The number of halogens is 2. The number of amides is 2. The highest BCUT2D eigenvalue weighted by molar-refractivity contribution is 7.92. The number of ether oxygens (including phenoxy) is 2. The predicted octanol–water partition coefficient (Wildman–Crippen LogP) is 5.07. The van der Waals surface area contributed by atoms with E-state index in [2.05, 4.69) is 15.8 Å². The molecule has 13 nitrogen and oxygen atoms in total. The fourth-order valence-corrected chi connectivity index (χ4v) is 5.72. The number of carbonyl (C=O) groups excluding carboxylic acids is 2. The van der Waals surface area contributed by atoms with Crippen LogP contribution in [0.1, 0.15) is 11.1 Å². The summed E-state index contributed by atoms with van der Waals surface area (Å²) < 4.78 is 52.1. The molecular formula is C31H27ClFN5O8S. The largest absolute Gasteiger partial charge is 0.495 e. The lowest BCUT2D eigenvalue weighted by Crippen LogP contribution is -2.39. The van der Waals surface area contributed by atoms with Gasteiger partial charge in [-0.05, 0) is 85.3 Å². The van der Waals surface area contributed by atoms with E-state index >= 15 is 0 Å². The van der Waals surface area contributed by atoms with Gasteiger partial charge >= 0.3 is 0 Å². The molecule has 0 aliphatic heterocycles. The molecule has 0 heterocycles. The Morgan fingerprint density at radius 2 is 1.72 bits per heavy atom. The van der Waals surface area contributed by atoms with E-state index in [9.17, 15) is 32.5 Å². The lowest BCUT2D eigenvalue weighted by Gasteiger charge is -2.25. The van der Waals surface area contributed by atoms with Crippen molar-refractivity contribution in [2.45, 2.75) is 11.8 Å². The first-order chi connectivity index (χ1) is 22.4. The summed E-state index contributed by atoms with van der Waals surface area (Å²) in [6.07, 6.45) is 1.30. The third kappa shape index (κ3) is 9.02. The topological polar surface area (TPSA) is 170 Å². The second-order valence-electron chi connectivity index (χ2n) is 9.74. The Labute approximate surface area is 273 Å². The first kappa shape index (κ1) is 34.3. The number of carbonyl (C=O) groups is 2. The maximum Gasteiger partial charge on any atom is 0.273 e. The van der Waals surface area contributed by atoms with Crippen molar-refractivity contribution in [2.75, 3.05) is 29.9 Å². The van der Waals surface area contributed by atoms with Crippen molar-refractivity contribution in [1.82, 2.24) is 5.43 Å². The van der Waals surface area contributed by atoms with Crippen LogP contribution in [-0.4, -0.2) is 51.6 Å². The molecule has 2 N–H and O–H groups in total. The van der Waals surface area contributed by atoms with Crippen molar-refractivity contribution in [3.63, 3.8) is 0 Å². The summed E-state index contributed by atoms with van der Waals surface area (Å²) in [5, 5.41) is 18.1. The molecule has 0 fully saturated rings. The van der Waals surface area contributed by atoms with Gasteiger partial charge in [0.1, 0.15) is 23.9 Å². The lowest BCUT2D eigenvalue weighted by molar-refractivity contribution is -0.385. The van der Waals surface area contributed by atoms with Gasteiger partial charge in [-0.25, -0.2) is 18.2 Å². The summed E-state index contributed by atoms with van der Waals surface area (Å²) in [7, 11) is -3.26. The number of benzene rings is 4. The van der Waals surface area contributed by atoms with Crippen LogP contribution in [0.5, 0.6) is 11.5 Å². The Morgan fingerprint density at radius 1 is 1.02 bits per heavy atom. The molecule has 16 heteroatoms. The number of hydrogen-bond donors (Lipinski definition) is 2. The Hall–Kier alpha value is -5.54. The van der Waals surface area contributed by atoms with Crippen molar-refractivity contribution < 1.29 is 36.8 Å². The normalized spacial score (nSPS) is 11.1. The predicted molar refractivity (Wildman–Crippen MR) is 173 cm³/mol. The van der Waals surface area contributed by atoms with Gasteiger partial charge in [0.25, 0.3) is 27.5 Å². The van der Waals surface area contributed by atoms with Gasteiger partial charge < -0.3 is 14.8 Å². The summed E-state index contributed by atoms with van der Waals surface area (Å²) >= 11 is 6.14. The maximum absolute atomic E-state index is 13.8. The number of hydrogen-bond acceptors (Lipinski definition) is 9. The van der Waals surface area contributed by atoms with Crippen LogP contribution in [0.25, 0.3) is 0 Å². The third-order valence-electron chi connectivity index (χ3n) is 6.44. The Balaban J connectivity index is 1.44. The van der Waals surface area contributed by atoms with Crippen LogP contribution >= 0.6 is 11.6 Å². The van der Waals surface area contributed by atoms with Gasteiger partial charge in [-0.15, -0.1) is 0 Å². The molecule has 0 saturated carbocycles. The summed E-state index contributed by atoms with van der Waals surface area (Å²) in [4.78, 5) is 35.4. The van der Waals surface area contributed by atoms with Crippen molar-refractivity contribution in [3.05, 3.63) is 117 Å². The number of methoxy groups -OCH3 is 1. The van der Waals surface area contributed by atoms with E-state index in [4.69, 9.17) is 21.1 Å². The minimum absolute atomic E-state index is 0.0751. The van der Waals surface area contributed by atoms with Gasteiger partial charge in [-0.3, -0.25) is 24.0 Å². The van der Waals surface area contributed by atoms with Gasteiger partial charge in [0.2, 0.25) is 0 Å². The molecule has 0 atom stereocenters. The average molecular weight is 684 g/mol. The van der Waals surface area contributed by atoms with Crippen LogP contribution in [0.15, 0.2) is 94.9 Å². The van der Waals surface area contributed by atoms with Crippen LogP contribution < -0.4 is 24.5 Å². The minimum Gasteiger partial charge on any atom is -0.495 e. The molecule has 0 spiro atoms. The zero-order valence-electron chi connectivity index (χ0n) is 24.8. The first-order valence-corrected chi connectivity index (χ1v) is 15.4. The van der Waals surface area contributed by atoms with Crippen molar-refractivity contribution in [1.29, 1.82) is 0 Å². The molecule has 244 valence electrons. The summed E-state index contributed by atoms with van der Waals surface area (Å²) in [6, 6.07) is 19.2. The fraction of sp³-hybridized carbons (Fsp3) is 0.129. The molecule has 47 heavy (non-hydrogen) atoms. The van der Waals surface area contributed by atoms with Crippen molar-refractivity contribution >= 4 is 56.7 Å². The van der Waals surface area contributed by atoms with E-state index in [0.29, 0.717) is 17.0 Å². The zero-order chi connectivity index (χ0) is 34.1. The van der Waals surface area contributed by atoms with E-state index in [0.717, 1.165) is 10.4 Å². The third-order valence-corrected chi connectivity index (χ3v) is 8.43. The highest BCUT2D eigenvalue weighted by atomic mass is 35.5. The first-order valence-electron chi connectivity index (χ1n) is 13.6. The molecule has 4 aromatic carbocycles. The number of nitro benzene ring substituents is 1. The molecule has 0 aromatic heterocycles. The van der Waals surface area contributed by atoms with E-state index in [1.807, 2.05) is 0 Å². The Bertz CT molecular complexity index is 1920. The molecular weight excluding hydrogens is 657 g/mol. The molecule has 0 unspecified atom stereocenters. The summed E-state index contributed by atoms with van der Waals surface area (Å²) in [5.41, 5.74) is 2.96. The molecule has 4 rings (SSSR count). The lowest BCUT2D eigenvalue weighted by atomic mass is 10.2. The number of rotatable bonds is 13. The number of aryl methyl sites for hydroxylation is 1. The maximum atomic E-state index is 13.8. The monoisotopic (exact) mass is 683 g/mol. The summed E-state index contributed by atoms with van der Waals surface area (Å²) in [5.74, 6) is -1.28. The van der Waals surface area contributed by atoms with E-state index in [1.165, 1.54) is 74.8 Å². The summed E-state index contributed by atoms with van der Waals surface area (Å²) in [6.45, 7) is 0.382. The van der Waals surface area contributed by atoms with Crippen LogP contribution in [0.3, 0.4) is 0 Å². The SMILES string of the molecule is COc1ccc(Cl)cc1N(CC(=O)N/N=C\c1ccc(OCC(=O)Nc2ccc(F)cc2)cc1)S(=O)(=O)c1ccc(C)c([N+](=O)[O-])c1.